The Kier molecular flexibility index (Phi) is 3.87. The molecule has 0 unspecified atom stereocenters. The molecule has 1 heterocycles. The summed E-state index contributed by atoms with van der Waals surface area (Å²) in [5, 5.41) is 0.365. The molecule has 0 radical (unpaired) electrons. The number of ether oxygens (including phenoxy) is 2. The van der Waals surface area contributed by atoms with Gasteiger partial charge in [0.25, 0.3) is 0 Å². The lowest BCUT2D eigenvalue weighted by atomic mass is 10.2. The van der Waals surface area contributed by atoms with E-state index < -0.39 is 11.6 Å². The van der Waals surface area contributed by atoms with Crippen molar-refractivity contribution in [1.29, 1.82) is 0 Å². The van der Waals surface area contributed by atoms with Gasteiger partial charge in [0.2, 0.25) is 0 Å². The number of hydrogen-bond donors (Lipinski definition) is 0. The van der Waals surface area contributed by atoms with Crippen LogP contribution in [-0.2, 0) is 6.61 Å². The second-order valence-electron chi connectivity index (χ2n) is 4.77. The van der Waals surface area contributed by atoms with E-state index in [1.807, 2.05) is 24.3 Å². The van der Waals surface area contributed by atoms with Gasteiger partial charge in [-0.25, -0.2) is 13.8 Å². The molecule has 0 amide bonds. The molecular formula is C17H13F2NO2. The second kappa shape index (κ2) is 5.97. The fourth-order valence-electron chi connectivity index (χ4n) is 2.12. The van der Waals surface area contributed by atoms with Crippen LogP contribution in [0.25, 0.3) is 10.9 Å². The fourth-order valence-corrected chi connectivity index (χ4v) is 2.12. The summed E-state index contributed by atoms with van der Waals surface area (Å²) in [4.78, 5) is 3.97. The maximum atomic E-state index is 13.5. The molecule has 0 bridgehead atoms. The van der Waals surface area contributed by atoms with Crippen LogP contribution in [0.2, 0.25) is 0 Å². The lowest BCUT2D eigenvalue weighted by molar-refractivity contribution is 0.305. The number of fused-ring (bicyclic) bond motifs is 1. The molecule has 0 aliphatic carbocycles. The molecule has 0 aliphatic heterocycles. The van der Waals surface area contributed by atoms with Crippen molar-refractivity contribution in [3.63, 3.8) is 0 Å². The van der Waals surface area contributed by atoms with Gasteiger partial charge in [0.15, 0.2) is 5.82 Å². The number of benzene rings is 2. The van der Waals surface area contributed by atoms with E-state index in [-0.39, 0.29) is 5.52 Å². The number of aromatic nitrogens is 1. The first-order chi connectivity index (χ1) is 10.7. The standard InChI is InChI=1S/C17H13F2NO2/c1-21-14-4-2-11(3-5-14)10-22-15-7-12-6-13(18)8-16(19)17(12)20-9-15/h2-9H,10H2,1H3. The summed E-state index contributed by atoms with van der Waals surface area (Å²) in [5.41, 5.74) is 1.07. The average Bonchev–Trinajstić information content (AvgIpc) is 2.53. The van der Waals surface area contributed by atoms with Gasteiger partial charge in [-0.05, 0) is 29.8 Å². The summed E-state index contributed by atoms with van der Waals surface area (Å²) in [6, 6.07) is 11.0. The van der Waals surface area contributed by atoms with Crippen LogP contribution in [-0.4, -0.2) is 12.1 Å². The first-order valence-electron chi connectivity index (χ1n) is 6.66. The third kappa shape index (κ3) is 2.98. The molecule has 3 rings (SSSR count). The van der Waals surface area contributed by atoms with Crippen LogP contribution in [0.5, 0.6) is 11.5 Å². The van der Waals surface area contributed by atoms with E-state index in [1.165, 1.54) is 12.3 Å². The van der Waals surface area contributed by atoms with E-state index in [9.17, 15) is 8.78 Å². The molecule has 1 aromatic heterocycles. The van der Waals surface area contributed by atoms with Crippen LogP contribution >= 0.6 is 0 Å². The van der Waals surface area contributed by atoms with Gasteiger partial charge in [-0.1, -0.05) is 12.1 Å². The van der Waals surface area contributed by atoms with Gasteiger partial charge in [0.1, 0.15) is 29.4 Å². The van der Waals surface area contributed by atoms with Crippen molar-refractivity contribution in [2.24, 2.45) is 0 Å². The molecule has 3 aromatic rings. The van der Waals surface area contributed by atoms with E-state index in [0.29, 0.717) is 17.7 Å². The number of rotatable bonds is 4. The topological polar surface area (TPSA) is 31.4 Å². The fraction of sp³-hybridized carbons (Fsp3) is 0.118. The highest BCUT2D eigenvalue weighted by Crippen LogP contribution is 2.23. The van der Waals surface area contributed by atoms with Gasteiger partial charge in [-0.3, -0.25) is 0 Å². The normalized spacial score (nSPS) is 10.7. The Hall–Kier alpha value is -2.69. The number of methoxy groups -OCH3 is 1. The Morgan fingerprint density at radius 2 is 1.77 bits per heavy atom. The van der Waals surface area contributed by atoms with Crippen molar-refractivity contribution in [3.05, 3.63) is 65.9 Å². The quantitative estimate of drug-likeness (QED) is 0.727. The van der Waals surface area contributed by atoms with Crippen LogP contribution in [0.1, 0.15) is 5.56 Å². The first-order valence-corrected chi connectivity index (χ1v) is 6.66. The zero-order valence-corrected chi connectivity index (χ0v) is 11.8. The van der Waals surface area contributed by atoms with Crippen LogP contribution in [0.4, 0.5) is 8.78 Å². The Balaban J connectivity index is 1.78. The van der Waals surface area contributed by atoms with Crippen LogP contribution in [0.3, 0.4) is 0 Å². The monoisotopic (exact) mass is 301 g/mol. The van der Waals surface area contributed by atoms with Crippen molar-refractivity contribution in [3.8, 4) is 11.5 Å². The molecule has 0 aliphatic rings. The smallest absolute Gasteiger partial charge is 0.152 e. The third-order valence-electron chi connectivity index (χ3n) is 3.24. The predicted molar refractivity (Wildman–Crippen MR) is 79.0 cm³/mol. The molecule has 3 nitrogen and oxygen atoms in total. The maximum absolute atomic E-state index is 13.5. The van der Waals surface area contributed by atoms with Gasteiger partial charge in [0.05, 0.1) is 13.3 Å². The van der Waals surface area contributed by atoms with E-state index in [1.54, 1.807) is 13.2 Å². The number of hydrogen-bond acceptors (Lipinski definition) is 3. The Morgan fingerprint density at radius 3 is 2.50 bits per heavy atom. The van der Waals surface area contributed by atoms with E-state index in [2.05, 4.69) is 4.98 Å². The zero-order chi connectivity index (χ0) is 15.5. The summed E-state index contributed by atoms with van der Waals surface area (Å²) in [6.45, 7) is 0.328. The lowest BCUT2D eigenvalue weighted by Gasteiger charge is -2.08. The van der Waals surface area contributed by atoms with Crippen molar-refractivity contribution in [2.75, 3.05) is 7.11 Å². The predicted octanol–water partition coefficient (Wildman–Crippen LogP) is 4.10. The second-order valence-corrected chi connectivity index (χ2v) is 4.77. The minimum Gasteiger partial charge on any atom is -0.497 e. The third-order valence-corrected chi connectivity index (χ3v) is 3.24. The molecule has 0 saturated carbocycles. The van der Waals surface area contributed by atoms with E-state index >= 15 is 0 Å². The molecule has 0 atom stereocenters. The summed E-state index contributed by atoms with van der Waals surface area (Å²) in [6.07, 6.45) is 1.42. The SMILES string of the molecule is COc1ccc(COc2cnc3c(F)cc(F)cc3c2)cc1. The first kappa shape index (κ1) is 14.3. The van der Waals surface area contributed by atoms with Gasteiger partial charge in [-0.15, -0.1) is 0 Å². The summed E-state index contributed by atoms with van der Waals surface area (Å²) in [5.74, 6) is -0.105. The van der Waals surface area contributed by atoms with Crippen LogP contribution < -0.4 is 9.47 Å². The molecule has 22 heavy (non-hydrogen) atoms. The van der Waals surface area contributed by atoms with Gasteiger partial charge in [-0.2, -0.15) is 0 Å². The zero-order valence-electron chi connectivity index (χ0n) is 11.8. The maximum Gasteiger partial charge on any atom is 0.152 e. The Labute approximate surface area is 126 Å². The summed E-state index contributed by atoms with van der Waals surface area (Å²) >= 11 is 0. The number of pyridine rings is 1. The van der Waals surface area contributed by atoms with Crippen molar-refractivity contribution < 1.29 is 18.3 Å². The molecule has 112 valence electrons. The molecule has 0 spiro atoms. The minimum absolute atomic E-state index is 0.123. The van der Waals surface area contributed by atoms with Crippen molar-refractivity contribution in [2.45, 2.75) is 6.61 Å². The molecule has 5 heteroatoms. The van der Waals surface area contributed by atoms with Crippen LogP contribution in [0, 0.1) is 11.6 Å². The highest BCUT2D eigenvalue weighted by Gasteiger charge is 2.07. The van der Waals surface area contributed by atoms with Crippen molar-refractivity contribution in [1.82, 2.24) is 4.98 Å². The van der Waals surface area contributed by atoms with E-state index in [4.69, 9.17) is 9.47 Å². The lowest BCUT2D eigenvalue weighted by Crippen LogP contribution is -1.97. The summed E-state index contributed by atoms with van der Waals surface area (Å²) in [7, 11) is 1.60. The Bertz CT molecular complexity index is 804. The largest absolute Gasteiger partial charge is 0.497 e. The highest BCUT2D eigenvalue weighted by molar-refractivity contribution is 5.80. The molecule has 0 fully saturated rings. The van der Waals surface area contributed by atoms with E-state index in [0.717, 1.165) is 17.4 Å². The number of halogens is 2. The van der Waals surface area contributed by atoms with Gasteiger partial charge >= 0.3 is 0 Å². The number of nitrogens with zero attached hydrogens (tertiary/aromatic N) is 1. The van der Waals surface area contributed by atoms with Gasteiger partial charge < -0.3 is 9.47 Å². The molecule has 0 saturated heterocycles. The molecular weight excluding hydrogens is 288 g/mol. The molecule has 2 aromatic carbocycles. The van der Waals surface area contributed by atoms with Gasteiger partial charge in [0, 0.05) is 11.5 Å². The molecule has 0 N–H and O–H groups in total. The highest BCUT2D eigenvalue weighted by atomic mass is 19.1. The van der Waals surface area contributed by atoms with Crippen LogP contribution in [0.15, 0.2) is 48.7 Å². The summed E-state index contributed by atoms with van der Waals surface area (Å²) < 4.78 is 37.5. The average molecular weight is 301 g/mol. The minimum atomic E-state index is -0.684. The Morgan fingerprint density at radius 1 is 1.00 bits per heavy atom. The van der Waals surface area contributed by atoms with Crippen molar-refractivity contribution >= 4 is 10.9 Å².